The fraction of sp³-hybridized carbons (Fsp3) is 0.0462. The molecule has 0 bridgehead atoms. The van der Waals surface area contributed by atoms with Gasteiger partial charge in [0.15, 0.2) is 0 Å². The third kappa shape index (κ3) is 6.75. The highest BCUT2D eigenvalue weighted by Gasteiger charge is 2.37. The summed E-state index contributed by atoms with van der Waals surface area (Å²) in [6.07, 6.45) is 3.74. The van der Waals surface area contributed by atoms with Gasteiger partial charge in [-0.1, -0.05) is 159 Å². The number of benzene rings is 10. The number of nitrogens with zero attached hydrogens (tertiary/aromatic N) is 4. The molecule has 10 aromatic carbocycles. The van der Waals surface area contributed by atoms with Crippen LogP contribution >= 0.6 is 0 Å². The van der Waals surface area contributed by atoms with Crippen molar-refractivity contribution in [3.05, 3.63) is 254 Å². The molecule has 4 heteroatoms. The van der Waals surface area contributed by atoms with Crippen molar-refractivity contribution >= 4 is 77.5 Å². The van der Waals surface area contributed by atoms with Crippen LogP contribution in [-0.2, 0) is 5.41 Å². The molecule has 0 saturated carbocycles. The monoisotopic (exact) mass is 882 g/mol. The predicted octanol–water partition coefficient (Wildman–Crippen LogP) is 17.7. The zero-order valence-corrected chi connectivity index (χ0v) is 38.4. The maximum atomic E-state index is 4.76. The first-order chi connectivity index (χ1) is 34.0. The molecule has 0 amide bonds. The second-order valence-electron chi connectivity index (χ2n) is 18.6. The van der Waals surface area contributed by atoms with E-state index in [1.165, 1.54) is 33.4 Å². The number of pyridine rings is 2. The van der Waals surface area contributed by atoms with Gasteiger partial charge in [0.2, 0.25) is 0 Å². The lowest BCUT2D eigenvalue weighted by Gasteiger charge is -2.34. The molecule has 2 aromatic heterocycles. The minimum absolute atomic E-state index is 0.245. The van der Waals surface area contributed by atoms with E-state index in [1.807, 2.05) is 24.5 Å². The van der Waals surface area contributed by atoms with Crippen LogP contribution in [0.25, 0.3) is 76.7 Å². The maximum Gasteiger partial charge on any atom is 0.0703 e. The first-order valence-corrected chi connectivity index (χ1v) is 23.7. The average molecular weight is 883 g/mol. The molecule has 0 spiro atoms. The minimum atomic E-state index is -0.245. The highest BCUT2D eigenvalue weighted by atomic mass is 15.2. The Kier molecular flexibility index (Phi) is 9.48. The van der Waals surface area contributed by atoms with E-state index in [0.29, 0.717) is 0 Å². The van der Waals surface area contributed by atoms with E-state index in [4.69, 9.17) is 9.97 Å². The second kappa shape index (κ2) is 16.2. The first-order valence-electron chi connectivity index (χ1n) is 23.7. The zero-order chi connectivity index (χ0) is 46.1. The summed E-state index contributed by atoms with van der Waals surface area (Å²) in [6, 6.07) is 84.2. The van der Waals surface area contributed by atoms with Crippen LogP contribution in [0.15, 0.2) is 243 Å². The number of hydrogen-bond donors (Lipinski definition) is 0. The van der Waals surface area contributed by atoms with E-state index in [2.05, 4.69) is 242 Å². The summed E-state index contributed by atoms with van der Waals surface area (Å²) >= 11 is 0. The predicted molar refractivity (Wildman–Crippen MR) is 290 cm³/mol. The van der Waals surface area contributed by atoms with Gasteiger partial charge in [0.25, 0.3) is 0 Å². The SMILES string of the molecule is CC1(C)c2ccccc2-c2cc3c(N(c4cccc(-c5ccccc5)c4)c4ccc5ncccc5c4)c4ccccc4c(N(c4cccc(-c5ccccc5)c4)c4ccc5ncccc5c4)c3cc21. The molecule has 12 aromatic rings. The summed E-state index contributed by atoms with van der Waals surface area (Å²) in [5, 5.41) is 6.74. The van der Waals surface area contributed by atoms with Crippen LogP contribution < -0.4 is 9.80 Å². The van der Waals surface area contributed by atoms with Gasteiger partial charge in [0.05, 0.1) is 22.4 Å². The fourth-order valence-corrected chi connectivity index (χ4v) is 10.9. The number of hydrogen-bond acceptors (Lipinski definition) is 4. The summed E-state index contributed by atoms with van der Waals surface area (Å²) in [4.78, 5) is 14.5. The van der Waals surface area contributed by atoms with Crippen molar-refractivity contribution in [2.75, 3.05) is 9.80 Å². The molecule has 69 heavy (non-hydrogen) atoms. The molecule has 2 heterocycles. The Morgan fingerprint density at radius 3 is 1.33 bits per heavy atom. The summed E-state index contributed by atoms with van der Waals surface area (Å²) in [5.74, 6) is 0. The molecule has 13 rings (SSSR count). The third-order valence-electron chi connectivity index (χ3n) is 14.2. The molecule has 1 aliphatic carbocycles. The normalized spacial score (nSPS) is 12.6. The van der Waals surface area contributed by atoms with E-state index < -0.39 is 0 Å². The first kappa shape index (κ1) is 40.4. The van der Waals surface area contributed by atoms with Crippen LogP contribution in [-0.4, -0.2) is 9.97 Å². The van der Waals surface area contributed by atoms with E-state index in [-0.39, 0.29) is 5.41 Å². The van der Waals surface area contributed by atoms with Gasteiger partial charge in [-0.15, -0.1) is 0 Å². The zero-order valence-electron chi connectivity index (χ0n) is 38.4. The Labute approximate surface area is 402 Å². The van der Waals surface area contributed by atoms with E-state index in [9.17, 15) is 0 Å². The number of aromatic nitrogens is 2. The van der Waals surface area contributed by atoms with Crippen molar-refractivity contribution in [1.82, 2.24) is 9.97 Å². The fourth-order valence-electron chi connectivity index (χ4n) is 10.9. The van der Waals surface area contributed by atoms with Crippen LogP contribution in [0.4, 0.5) is 34.1 Å². The molecular weight excluding hydrogens is 837 g/mol. The number of rotatable bonds is 8. The molecule has 0 fully saturated rings. The van der Waals surface area contributed by atoms with Crippen molar-refractivity contribution in [2.45, 2.75) is 19.3 Å². The number of anilines is 6. The lowest BCUT2D eigenvalue weighted by molar-refractivity contribution is 0.661. The van der Waals surface area contributed by atoms with Crippen molar-refractivity contribution in [2.24, 2.45) is 0 Å². The highest BCUT2D eigenvalue weighted by molar-refractivity contribution is 6.24. The van der Waals surface area contributed by atoms with Crippen molar-refractivity contribution in [3.63, 3.8) is 0 Å². The van der Waals surface area contributed by atoms with Crippen LogP contribution in [0.5, 0.6) is 0 Å². The van der Waals surface area contributed by atoms with E-state index in [1.54, 1.807) is 0 Å². The van der Waals surface area contributed by atoms with Crippen LogP contribution in [0.2, 0.25) is 0 Å². The third-order valence-corrected chi connectivity index (χ3v) is 14.2. The molecule has 0 unspecified atom stereocenters. The van der Waals surface area contributed by atoms with Gasteiger partial charge in [-0.25, -0.2) is 0 Å². The average Bonchev–Trinajstić information content (AvgIpc) is 3.63. The molecule has 0 radical (unpaired) electrons. The molecule has 0 N–H and O–H groups in total. The summed E-state index contributed by atoms with van der Waals surface area (Å²) in [5.41, 5.74) is 18.0. The highest BCUT2D eigenvalue weighted by Crippen LogP contribution is 2.56. The van der Waals surface area contributed by atoms with Crippen LogP contribution in [0.3, 0.4) is 0 Å². The summed E-state index contributed by atoms with van der Waals surface area (Å²) < 4.78 is 0. The Morgan fingerprint density at radius 1 is 0.319 bits per heavy atom. The Bertz CT molecular complexity index is 3950. The van der Waals surface area contributed by atoms with Gasteiger partial charge < -0.3 is 9.80 Å². The van der Waals surface area contributed by atoms with Crippen molar-refractivity contribution < 1.29 is 0 Å². The largest absolute Gasteiger partial charge is 0.309 e. The second-order valence-corrected chi connectivity index (χ2v) is 18.6. The Hall–Kier alpha value is -8.86. The minimum Gasteiger partial charge on any atom is -0.309 e. The Balaban J connectivity index is 1.18. The molecule has 0 aliphatic heterocycles. The molecule has 0 saturated heterocycles. The van der Waals surface area contributed by atoms with Crippen LogP contribution in [0, 0.1) is 0 Å². The van der Waals surface area contributed by atoms with Gasteiger partial charge in [0.1, 0.15) is 0 Å². The Morgan fingerprint density at radius 2 is 0.783 bits per heavy atom. The molecule has 4 nitrogen and oxygen atoms in total. The number of fused-ring (bicyclic) bond motifs is 7. The van der Waals surface area contributed by atoms with Crippen molar-refractivity contribution in [1.29, 1.82) is 0 Å². The molecule has 326 valence electrons. The van der Waals surface area contributed by atoms with E-state index in [0.717, 1.165) is 88.6 Å². The van der Waals surface area contributed by atoms with Gasteiger partial charge >= 0.3 is 0 Å². The maximum absolute atomic E-state index is 4.76. The van der Waals surface area contributed by atoms with E-state index >= 15 is 0 Å². The van der Waals surface area contributed by atoms with Gasteiger partial charge in [-0.05, 0) is 129 Å². The lowest BCUT2D eigenvalue weighted by atomic mass is 9.81. The molecule has 0 atom stereocenters. The van der Waals surface area contributed by atoms with Gasteiger partial charge in [0, 0.05) is 72.9 Å². The molecular formula is C65H46N4. The van der Waals surface area contributed by atoms with Crippen molar-refractivity contribution in [3.8, 4) is 33.4 Å². The quantitative estimate of drug-likeness (QED) is 0.112. The standard InChI is InChI=1S/C65H46N4/c1-65(2)59-30-12-11-27-53(59)56-41-57-58(42-60(56)65)64(69(52-32-34-62-48(40-52)24-16-36-67-62)50-26-14-22-46(38-50)44-19-7-4-8-20-44)55-29-10-9-28-54(55)63(57)68(51-31-33-61-47(39-51)23-15-35-66-61)49-25-13-21-45(37-49)43-17-5-3-6-18-43/h3-42H,1-2H3. The summed E-state index contributed by atoms with van der Waals surface area (Å²) in [7, 11) is 0. The smallest absolute Gasteiger partial charge is 0.0703 e. The molecule has 1 aliphatic rings. The lowest BCUT2D eigenvalue weighted by Crippen LogP contribution is -2.17. The van der Waals surface area contributed by atoms with Gasteiger partial charge in [-0.3, -0.25) is 9.97 Å². The van der Waals surface area contributed by atoms with Gasteiger partial charge in [-0.2, -0.15) is 0 Å². The summed E-state index contributed by atoms with van der Waals surface area (Å²) in [6.45, 7) is 4.76. The van der Waals surface area contributed by atoms with Crippen LogP contribution in [0.1, 0.15) is 25.0 Å². The topological polar surface area (TPSA) is 32.3 Å².